The van der Waals surface area contributed by atoms with E-state index in [9.17, 15) is 9.90 Å². The lowest BCUT2D eigenvalue weighted by atomic mass is 9.92. The van der Waals surface area contributed by atoms with Crippen molar-refractivity contribution in [2.45, 2.75) is 50.7 Å². The molecule has 0 spiro atoms. The topological polar surface area (TPSA) is 75.8 Å². The van der Waals surface area contributed by atoms with Crippen LogP contribution in [-0.4, -0.2) is 22.8 Å². The van der Waals surface area contributed by atoms with Gasteiger partial charge in [0.2, 0.25) is 0 Å². The maximum absolute atomic E-state index is 11.4. The summed E-state index contributed by atoms with van der Waals surface area (Å²) >= 11 is 0. The average molecular weight is 495 g/mol. The molecule has 3 aromatic carbocycles. The Morgan fingerprint density at radius 1 is 1.05 bits per heavy atom. The monoisotopic (exact) mass is 494 g/mol. The minimum absolute atomic E-state index is 0.0137. The van der Waals surface area contributed by atoms with Gasteiger partial charge < -0.3 is 19.3 Å². The van der Waals surface area contributed by atoms with Crippen molar-refractivity contribution < 1.29 is 19.2 Å². The van der Waals surface area contributed by atoms with Crippen molar-refractivity contribution in [3.05, 3.63) is 113 Å². The number of aryl methyl sites for hydroxylation is 1. The number of carboxylic acids is 1. The Bertz CT molecular complexity index is 1380. The van der Waals surface area contributed by atoms with Gasteiger partial charge in [-0.05, 0) is 71.7 Å². The zero-order chi connectivity index (χ0) is 25.2. The van der Waals surface area contributed by atoms with E-state index in [0.29, 0.717) is 5.69 Å². The quantitative estimate of drug-likeness (QED) is 0.310. The number of nitrogens with zero attached hydrogens (tertiary/aromatic N) is 2. The van der Waals surface area contributed by atoms with E-state index in [1.807, 2.05) is 24.3 Å². The number of benzene rings is 3. The zero-order valence-electron chi connectivity index (χ0n) is 20.7. The highest BCUT2D eigenvalue weighted by Gasteiger charge is 2.28. The molecule has 2 aliphatic rings. The van der Waals surface area contributed by atoms with Crippen molar-refractivity contribution in [3.8, 4) is 5.75 Å². The summed E-state index contributed by atoms with van der Waals surface area (Å²) < 4.78 is 11.4. The average Bonchev–Trinajstić information content (AvgIpc) is 3.59. The van der Waals surface area contributed by atoms with Gasteiger partial charge in [-0.3, -0.25) is 4.79 Å². The van der Waals surface area contributed by atoms with Crippen LogP contribution in [-0.2, 0) is 24.2 Å². The molecular formula is C31H30N2O4. The van der Waals surface area contributed by atoms with Gasteiger partial charge in [0.15, 0.2) is 0 Å². The molecule has 0 amide bonds. The Hall–Kier alpha value is -4.06. The maximum atomic E-state index is 11.4. The van der Waals surface area contributed by atoms with Crippen molar-refractivity contribution in [2.75, 3.05) is 11.4 Å². The smallest absolute Gasteiger partial charge is 0.304 e. The first-order chi connectivity index (χ1) is 18.2. The molecule has 188 valence electrons. The second kappa shape index (κ2) is 10.1. The molecule has 37 heavy (non-hydrogen) atoms. The Morgan fingerprint density at radius 3 is 2.73 bits per heavy atom. The Labute approximate surface area is 216 Å². The zero-order valence-corrected chi connectivity index (χ0v) is 20.7. The lowest BCUT2D eigenvalue weighted by Gasteiger charge is -2.32. The van der Waals surface area contributed by atoms with Crippen molar-refractivity contribution in [1.29, 1.82) is 0 Å². The summed E-state index contributed by atoms with van der Waals surface area (Å²) in [4.78, 5) is 13.9. The second-order valence-corrected chi connectivity index (χ2v) is 9.93. The van der Waals surface area contributed by atoms with Crippen LogP contribution >= 0.6 is 0 Å². The number of aromatic nitrogens is 1. The van der Waals surface area contributed by atoms with E-state index in [0.717, 1.165) is 43.7 Å². The summed E-state index contributed by atoms with van der Waals surface area (Å²) in [5, 5.41) is 13.3. The maximum Gasteiger partial charge on any atom is 0.304 e. The molecule has 1 aliphatic heterocycles. The minimum Gasteiger partial charge on any atom is -0.486 e. The van der Waals surface area contributed by atoms with Gasteiger partial charge in [-0.25, -0.2) is 0 Å². The van der Waals surface area contributed by atoms with Crippen LogP contribution in [0.25, 0.3) is 0 Å². The van der Waals surface area contributed by atoms with Gasteiger partial charge in [-0.15, -0.1) is 0 Å². The highest BCUT2D eigenvalue weighted by molar-refractivity contribution is 5.69. The van der Waals surface area contributed by atoms with E-state index < -0.39 is 5.97 Å². The number of aliphatic carboxylic acids is 1. The standard InChI is InChI=1S/C31H30N2O4/c34-31(35)19-27(28-16-18-36-32-28)21-10-12-24(13-11-21)37-30-15-14-25-23(6-3-8-26(25)30)20-33-17-4-7-22-5-1-2-9-29(22)33/h1-3,5-6,8-13,16,18,27,30H,4,7,14-15,17,19-20H2,(H,34,35)/t27-,30+/m0/s1. The lowest BCUT2D eigenvalue weighted by Crippen LogP contribution is -2.29. The molecule has 6 nitrogen and oxygen atoms in total. The van der Waals surface area contributed by atoms with Gasteiger partial charge in [-0.1, -0.05) is 53.7 Å². The van der Waals surface area contributed by atoms with Crippen molar-refractivity contribution >= 4 is 11.7 Å². The number of anilines is 1. The Morgan fingerprint density at radius 2 is 1.92 bits per heavy atom. The Balaban J connectivity index is 1.18. The highest BCUT2D eigenvalue weighted by atomic mass is 16.5. The summed E-state index contributed by atoms with van der Waals surface area (Å²) in [6.07, 6.45) is 5.74. The number of fused-ring (bicyclic) bond motifs is 2. The molecule has 6 heteroatoms. The first-order valence-corrected chi connectivity index (χ1v) is 13.0. The number of rotatable bonds is 8. The first-order valence-electron chi connectivity index (χ1n) is 13.0. The van der Waals surface area contributed by atoms with Crippen LogP contribution in [0.5, 0.6) is 5.75 Å². The number of carboxylic acid groups (broad SMARTS) is 1. The van der Waals surface area contributed by atoms with Gasteiger partial charge >= 0.3 is 5.97 Å². The molecule has 0 radical (unpaired) electrons. The molecular weight excluding hydrogens is 464 g/mol. The summed E-state index contributed by atoms with van der Waals surface area (Å²) in [7, 11) is 0. The van der Waals surface area contributed by atoms with E-state index in [1.54, 1.807) is 6.07 Å². The second-order valence-electron chi connectivity index (χ2n) is 9.93. The molecule has 2 atom stereocenters. The third-order valence-corrected chi connectivity index (χ3v) is 7.63. The van der Waals surface area contributed by atoms with Crippen molar-refractivity contribution in [1.82, 2.24) is 5.16 Å². The number of para-hydroxylation sites is 1. The van der Waals surface area contributed by atoms with E-state index in [4.69, 9.17) is 9.26 Å². The Kier molecular flexibility index (Phi) is 6.39. The molecule has 4 aromatic rings. The van der Waals surface area contributed by atoms with Gasteiger partial charge in [0.05, 0.1) is 12.1 Å². The fourth-order valence-corrected chi connectivity index (χ4v) is 5.86. The van der Waals surface area contributed by atoms with E-state index in [1.165, 1.54) is 40.6 Å². The fraction of sp³-hybridized carbons (Fsp3) is 0.290. The summed E-state index contributed by atoms with van der Waals surface area (Å²) in [6.45, 7) is 2.01. The molecule has 6 rings (SSSR count). The lowest BCUT2D eigenvalue weighted by molar-refractivity contribution is -0.137. The van der Waals surface area contributed by atoms with Crippen LogP contribution in [0.15, 0.2) is 83.6 Å². The summed E-state index contributed by atoms with van der Waals surface area (Å²) in [5.74, 6) is -0.453. The first kappa shape index (κ1) is 23.3. The number of hydrogen-bond donors (Lipinski definition) is 1. The molecule has 0 saturated heterocycles. The van der Waals surface area contributed by atoms with Gasteiger partial charge in [0.1, 0.15) is 18.1 Å². The predicted molar refractivity (Wildman–Crippen MR) is 141 cm³/mol. The largest absolute Gasteiger partial charge is 0.486 e. The highest BCUT2D eigenvalue weighted by Crippen LogP contribution is 2.39. The van der Waals surface area contributed by atoms with E-state index >= 15 is 0 Å². The molecule has 1 aromatic heterocycles. The number of carbonyl (C=O) groups is 1. The molecule has 2 heterocycles. The SMILES string of the molecule is O=C(O)C[C@@H](c1ccc(O[C@@H]2CCc3c(CN4CCCc5ccccc54)cccc32)cc1)c1ccon1. The molecule has 1 aliphatic carbocycles. The summed E-state index contributed by atoms with van der Waals surface area (Å²) in [6, 6.07) is 24.8. The predicted octanol–water partition coefficient (Wildman–Crippen LogP) is 6.30. The van der Waals surface area contributed by atoms with Gasteiger partial charge in [0, 0.05) is 30.8 Å². The molecule has 0 bridgehead atoms. The van der Waals surface area contributed by atoms with Crippen LogP contribution in [0.1, 0.15) is 64.8 Å². The normalized spacial score (nSPS) is 17.2. The van der Waals surface area contributed by atoms with Gasteiger partial charge in [-0.2, -0.15) is 0 Å². The summed E-state index contributed by atoms with van der Waals surface area (Å²) in [5.41, 5.74) is 8.38. The molecule has 1 N–H and O–H groups in total. The van der Waals surface area contributed by atoms with Crippen LogP contribution in [0.3, 0.4) is 0 Å². The number of hydrogen-bond acceptors (Lipinski definition) is 5. The van der Waals surface area contributed by atoms with Crippen molar-refractivity contribution in [3.63, 3.8) is 0 Å². The minimum atomic E-state index is -0.875. The number of ether oxygens (including phenoxy) is 1. The van der Waals surface area contributed by atoms with E-state index in [-0.39, 0.29) is 18.4 Å². The van der Waals surface area contributed by atoms with Gasteiger partial charge in [0.25, 0.3) is 0 Å². The van der Waals surface area contributed by atoms with Crippen LogP contribution < -0.4 is 9.64 Å². The molecule has 0 fully saturated rings. The third kappa shape index (κ3) is 4.84. The van der Waals surface area contributed by atoms with Crippen LogP contribution in [0, 0.1) is 0 Å². The van der Waals surface area contributed by atoms with Crippen molar-refractivity contribution in [2.24, 2.45) is 0 Å². The fourth-order valence-electron chi connectivity index (χ4n) is 5.86. The third-order valence-electron chi connectivity index (χ3n) is 7.63. The molecule has 0 unspecified atom stereocenters. The van der Waals surface area contributed by atoms with Crippen LogP contribution in [0.2, 0.25) is 0 Å². The van der Waals surface area contributed by atoms with Crippen LogP contribution in [0.4, 0.5) is 5.69 Å². The molecule has 0 saturated carbocycles. The van der Waals surface area contributed by atoms with E-state index in [2.05, 4.69) is 52.5 Å².